The zero-order valence-electron chi connectivity index (χ0n) is 16.9. The van der Waals surface area contributed by atoms with Crippen LogP contribution in [0.1, 0.15) is 65.2 Å². The van der Waals surface area contributed by atoms with E-state index in [1.165, 1.54) is 19.3 Å². The van der Waals surface area contributed by atoms with Gasteiger partial charge in [0.2, 0.25) is 0 Å². The van der Waals surface area contributed by atoms with Crippen LogP contribution in [-0.4, -0.2) is 63.7 Å². The minimum atomic E-state index is -0.0534. The fraction of sp³-hybridized carbons (Fsp3) is 0.950. The summed E-state index contributed by atoms with van der Waals surface area (Å²) in [6, 6.07) is 0. The van der Waals surface area contributed by atoms with Crippen LogP contribution in [0, 0.1) is 0 Å². The molecule has 1 aliphatic heterocycles. The highest BCUT2D eigenvalue weighted by atomic mass is 16.5. The molecule has 0 spiro atoms. The predicted molar refractivity (Wildman–Crippen MR) is 106 cm³/mol. The van der Waals surface area contributed by atoms with E-state index in [-0.39, 0.29) is 5.60 Å². The Balaban J connectivity index is 1.74. The third-order valence-electron chi connectivity index (χ3n) is 5.10. The molecule has 0 aromatic rings. The van der Waals surface area contributed by atoms with Gasteiger partial charge in [0, 0.05) is 32.9 Å². The van der Waals surface area contributed by atoms with Crippen molar-refractivity contribution in [3.05, 3.63) is 0 Å². The molecule has 0 amide bonds. The van der Waals surface area contributed by atoms with Crippen LogP contribution in [0.5, 0.6) is 0 Å². The van der Waals surface area contributed by atoms with E-state index in [0.717, 1.165) is 84.1 Å². The van der Waals surface area contributed by atoms with Crippen LogP contribution in [0.15, 0.2) is 4.99 Å². The van der Waals surface area contributed by atoms with Gasteiger partial charge in [-0.05, 0) is 39.0 Å². The van der Waals surface area contributed by atoms with Gasteiger partial charge in [-0.15, -0.1) is 0 Å². The van der Waals surface area contributed by atoms with Gasteiger partial charge < -0.3 is 24.8 Å². The molecule has 6 nitrogen and oxygen atoms in total. The molecule has 1 atom stereocenters. The zero-order valence-corrected chi connectivity index (χ0v) is 16.9. The topological polar surface area (TPSA) is 64.1 Å². The lowest BCUT2D eigenvalue weighted by Crippen LogP contribution is -2.42. The summed E-state index contributed by atoms with van der Waals surface area (Å²) in [7, 11) is 0. The van der Waals surface area contributed by atoms with Gasteiger partial charge in [-0.25, -0.2) is 0 Å². The molecule has 0 bridgehead atoms. The van der Waals surface area contributed by atoms with Gasteiger partial charge in [0.05, 0.1) is 24.9 Å². The van der Waals surface area contributed by atoms with Crippen LogP contribution in [0.3, 0.4) is 0 Å². The van der Waals surface area contributed by atoms with Gasteiger partial charge in [0.1, 0.15) is 0 Å². The Kier molecular flexibility index (Phi) is 10.3. The molecule has 2 rings (SSSR count). The van der Waals surface area contributed by atoms with Crippen LogP contribution in [0.2, 0.25) is 0 Å². The summed E-state index contributed by atoms with van der Waals surface area (Å²) in [5, 5.41) is 6.78. The molecule has 2 aliphatic rings. The Hall–Kier alpha value is -0.850. The SMILES string of the molecule is CCCOC1(CN=C(NCC)NCCCOC2CCOC2)CCCCC1. The molecule has 2 N–H and O–H groups in total. The van der Waals surface area contributed by atoms with E-state index in [0.29, 0.717) is 6.10 Å². The Morgan fingerprint density at radius 1 is 1.15 bits per heavy atom. The lowest BCUT2D eigenvalue weighted by Gasteiger charge is -2.36. The third-order valence-corrected chi connectivity index (χ3v) is 5.10. The Bertz CT molecular complexity index is 392. The highest BCUT2D eigenvalue weighted by molar-refractivity contribution is 5.79. The minimum Gasteiger partial charge on any atom is -0.379 e. The first-order valence-electron chi connectivity index (χ1n) is 10.6. The van der Waals surface area contributed by atoms with Crippen LogP contribution in [-0.2, 0) is 14.2 Å². The number of rotatable bonds is 11. The van der Waals surface area contributed by atoms with Gasteiger partial charge in [-0.1, -0.05) is 26.2 Å². The molecule has 152 valence electrons. The average Bonchev–Trinajstić information content (AvgIpc) is 3.18. The summed E-state index contributed by atoms with van der Waals surface area (Å²) in [4.78, 5) is 4.85. The Labute approximate surface area is 159 Å². The van der Waals surface area contributed by atoms with Crippen molar-refractivity contribution in [2.75, 3.05) is 46.1 Å². The van der Waals surface area contributed by atoms with E-state index in [9.17, 15) is 0 Å². The fourth-order valence-electron chi connectivity index (χ4n) is 3.60. The van der Waals surface area contributed by atoms with E-state index in [1.807, 2.05) is 0 Å². The van der Waals surface area contributed by atoms with Gasteiger partial charge >= 0.3 is 0 Å². The van der Waals surface area contributed by atoms with Crippen molar-refractivity contribution in [2.24, 2.45) is 4.99 Å². The maximum absolute atomic E-state index is 6.25. The molecule has 6 heteroatoms. The standard InChI is InChI=1S/C20H39N3O3/c1-3-13-26-20(10-6-5-7-11-20)17-23-19(21-4-2)22-12-8-14-25-18-9-15-24-16-18/h18H,3-17H2,1-2H3,(H2,21,22,23). The molecule has 2 fully saturated rings. The lowest BCUT2D eigenvalue weighted by molar-refractivity contribution is -0.0624. The van der Waals surface area contributed by atoms with Crippen molar-refractivity contribution >= 4 is 5.96 Å². The highest BCUT2D eigenvalue weighted by Gasteiger charge is 2.32. The first-order chi connectivity index (χ1) is 12.8. The molecule has 0 radical (unpaired) electrons. The second-order valence-electron chi connectivity index (χ2n) is 7.42. The van der Waals surface area contributed by atoms with Crippen LogP contribution >= 0.6 is 0 Å². The molecule has 1 unspecified atom stereocenters. The summed E-state index contributed by atoms with van der Waals surface area (Å²) < 4.78 is 17.4. The first kappa shape index (κ1) is 21.5. The zero-order chi connectivity index (χ0) is 18.5. The Morgan fingerprint density at radius 2 is 2.00 bits per heavy atom. The van der Waals surface area contributed by atoms with Crippen molar-refractivity contribution in [2.45, 2.75) is 76.9 Å². The van der Waals surface area contributed by atoms with Crippen LogP contribution < -0.4 is 10.6 Å². The number of guanidine groups is 1. The summed E-state index contributed by atoms with van der Waals surface area (Å²) in [6.45, 7) is 9.94. The summed E-state index contributed by atoms with van der Waals surface area (Å²) in [5.74, 6) is 0.891. The molecule has 1 heterocycles. The normalized spacial score (nSPS) is 23.2. The maximum Gasteiger partial charge on any atom is 0.191 e. The maximum atomic E-state index is 6.25. The van der Waals surface area contributed by atoms with Crippen LogP contribution in [0.25, 0.3) is 0 Å². The van der Waals surface area contributed by atoms with Crippen LogP contribution in [0.4, 0.5) is 0 Å². The second-order valence-corrected chi connectivity index (χ2v) is 7.42. The van der Waals surface area contributed by atoms with Crippen molar-refractivity contribution < 1.29 is 14.2 Å². The number of aliphatic imine (C=N–C) groups is 1. The van der Waals surface area contributed by atoms with Gasteiger partial charge in [0.15, 0.2) is 5.96 Å². The summed E-state index contributed by atoms with van der Waals surface area (Å²) in [5.41, 5.74) is -0.0534. The number of nitrogens with zero attached hydrogens (tertiary/aromatic N) is 1. The van der Waals surface area contributed by atoms with Crippen molar-refractivity contribution in [3.63, 3.8) is 0 Å². The van der Waals surface area contributed by atoms with Gasteiger partial charge in [-0.3, -0.25) is 4.99 Å². The summed E-state index contributed by atoms with van der Waals surface area (Å²) in [6.07, 6.45) is 9.45. The monoisotopic (exact) mass is 369 g/mol. The van der Waals surface area contributed by atoms with E-state index in [1.54, 1.807) is 0 Å². The largest absolute Gasteiger partial charge is 0.379 e. The molecule has 0 aromatic carbocycles. The lowest BCUT2D eigenvalue weighted by atomic mass is 9.84. The van der Waals surface area contributed by atoms with E-state index in [4.69, 9.17) is 19.2 Å². The third kappa shape index (κ3) is 7.80. The fourth-order valence-corrected chi connectivity index (χ4v) is 3.60. The molecular weight excluding hydrogens is 330 g/mol. The minimum absolute atomic E-state index is 0.0534. The number of hydrogen-bond donors (Lipinski definition) is 2. The average molecular weight is 370 g/mol. The van der Waals surface area contributed by atoms with Gasteiger partial charge in [0.25, 0.3) is 0 Å². The quantitative estimate of drug-likeness (QED) is 0.333. The van der Waals surface area contributed by atoms with Crippen molar-refractivity contribution in [1.29, 1.82) is 0 Å². The molecule has 1 saturated heterocycles. The number of nitrogens with one attached hydrogen (secondary N) is 2. The molecule has 1 aliphatic carbocycles. The number of ether oxygens (including phenoxy) is 3. The molecule has 26 heavy (non-hydrogen) atoms. The molecule has 1 saturated carbocycles. The predicted octanol–water partition coefficient (Wildman–Crippen LogP) is 2.87. The highest BCUT2D eigenvalue weighted by Crippen LogP contribution is 2.32. The second kappa shape index (κ2) is 12.5. The van der Waals surface area contributed by atoms with E-state index < -0.39 is 0 Å². The first-order valence-corrected chi connectivity index (χ1v) is 10.6. The Morgan fingerprint density at radius 3 is 2.69 bits per heavy atom. The smallest absolute Gasteiger partial charge is 0.191 e. The summed E-state index contributed by atoms with van der Waals surface area (Å²) >= 11 is 0. The molecular formula is C20H39N3O3. The van der Waals surface area contributed by atoms with Gasteiger partial charge in [-0.2, -0.15) is 0 Å². The van der Waals surface area contributed by atoms with Crippen molar-refractivity contribution in [3.8, 4) is 0 Å². The van der Waals surface area contributed by atoms with E-state index in [2.05, 4.69) is 24.5 Å². The number of hydrogen-bond acceptors (Lipinski definition) is 4. The van der Waals surface area contributed by atoms with E-state index >= 15 is 0 Å². The van der Waals surface area contributed by atoms with Crippen molar-refractivity contribution in [1.82, 2.24) is 10.6 Å². The molecule has 0 aromatic heterocycles.